The van der Waals surface area contributed by atoms with E-state index in [1.54, 1.807) is 14.2 Å². The third kappa shape index (κ3) is 6.26. The molecule has 5 heteroatoms. The first-order valence-electron chi connectivity index (χ1n) is 15.6. The minimum Gasteiger partial charge on any atom is -0.394 e. The minimum absolute atomic E-state index is 1.08. The van der Waals surface area contributed by atoms with Gasteiger partial charge in [-0.25, -0.2) is 0 Å². The van der Waals surface area contributed by atoms with E-state index in [1.807, 2.05) is 0 Å². The van der Waals surface area contributed by atoms with E-state index in [-0.39, 0.29) is 0 Å². The molecule has 0 aliphatic heterocycles. The number of nitrogens with zero attached hydrogens (tertiary/aromatic N) is 2. The normalized spacial score (nSPS) is 11.3. The zero-order chi connectivity index (χ0) is 32.1. The Labute approximate surface area is 274 Å². The van der Waals surface area contributed by atoms with Crippen molar-refractivity contribution < 1.29 is 8.85 Å². The quantitative estimate of drug-likeness (QED) is 0.142. The molecule has 0 spiro atoms. The summed E-state index contributed by atoms with van der Waals surface area (Å²) in [4.78, 5) is 4.60. The van der Waals surface area contributed by atoms with Gasteiger partial charge < -0.3 is 18.7 Å². The van der Waals surface area contributed by atoms with Crippen LogP contribution in [0.3, 0.4) is 0 Å². The molecule has 0 saturated heterocycles. The Hall–Kier alpha value is -4.94. The van der Waals surface area contributed by atoms with E-state index < -0.39 is 8.56 Å². The van der Waals surface area contributed by atoms with E-state index in [9.17, 15) is 0 Å². The number of aryl methyl sites for hydroxylation is 2. The molecule has 6 aromatic carbocycles. The lowest BCUT2D eigenvalue weighted by Crippen LogP contribution is -2.49. The molecule has 0 N–H and O–H groups in total. The van der Waals surface area contributed by atoms with Gasteiger partial charge in [0.2, 0.25) is 0 Å². The van der Waals surface area contributed by atoms with Gasteiger partial charge in [-0.2, -0.15) is 0 Å². The van der Waals surface area contributed by atoms with E-state index in [4.69, 9.17) is 8.85 Å². The lowest BCUT2D eigenvalue weighted by molar-refractivity contribution is 0.265. The standard InChI is InChI=1S/C41H40N2O2Si/c1-31-29-37(42(33-15-9-6-10-16-33)34-17-11-7-12-18-34)23-27-40(31)41-28-24-38(30-32(41)2)43(35-19-13-8-14-20-35)36-21-25-39(26-22-36)46(5,44-3)45-4/h6-30H,1-5H3. The summed E-state index contributed by atoms with van der Waals surface area (Å²) in [6, 6.07) is 53.7. The molecule has 0 aromatic heterocycles. The van der Waals surface area contributed by atoms with E-state index in [1.165, 1.54) is 22.3 Å². The van der Waals surface area contributed by atoms with E-state index in [0.29, 0.717) is 0 Å². The van der Waals surface area contributed by atoms with Gasteiger partial charge in [0.1, 0.15) is 0 Å². The molecule has 0 atom stereocenters. The summed E-state index contributed by atoms with van der Waals surface area (Å²) in [5.41, 5.74) is 11.6. The van der Waals surface area contributed by atoms with Crippen LogP contribution in [0.2, 0.25) is 6.55 Å². The van der Waals surface area contributed by atoms with Gasteiger partial charge in [0.15, 0.2) is 0 Å². The summed E-state index contributed by atoms with van der Waals surface area (Å²) in [6.45, 7) is 6.47. The van der Waals surface area contributed by atoms with Crippen molar-refractivity contribution in [2.45, 2.75) is 20.4 Å². The molecule has 4 nitrogen and oxygen atoms in total. The third-order valence-corrected chi connectivity index (χ3v) is 11.6. The highest BCUT2D eigenvalue weighted by molar-refractivity contribution is 6.79. The largest absolute Gasteiger partial charge is 0.394 e. The van der Waals surface area contributed by atoms with Crippen molar-refractivity contribution in [2.24, 2.45) is 0 Å². The second-order valence-corrected chi connectivity index (χ2v) is 14.9. The first-order chi connectivity index (χ1) is 22.4. The van der Waals surface area contributed by atoms with E-state index in [0.717, 1.165) is 39.3 Å². The van der Waals surface area contributed by atoms with Crippen LogP contribution in [0, 0.1) is 13.8 Å². The highest BCUT2D eigenvalue weighted by Crippen LogP contribution is 2.40. The maximum Gasteiger partial charge on any atom is 0.368 e. The maximum atomic E-state index is 5.79. The highest BCUT2D eigenvalue weighted by atomic mass is 28.4. The average molecular weight is 621 g/mol. The molecular formula is C41H40N2O2Si. The SMILES string of the molecule is CO[Si](C)(OC)c1ccc(N(c2ccccc2)c2ccc(-c3ccc(N(c4ccccc4)c4ccccc4)cc3C)c(C)c2)cc1. The van der Waals surface area contributed by atoms with Gasteiger partial charge in [-0.15, -0.1) is 0 Å². The van der Waals surface area contributed by atoms with Crippen molar-refractivity contribution in [3.05, 3.63) is 163 Å². The number of benzene rings is 6. The van der Waals surface area contributed by atoms with Crippen LogP contribution in [0.25, 0.3) is 11.1 Å². The van der Waals surface area contributed by atoms with Crippen molar-refractivity contribution in [1.82, 2.24) is 0 Å². The lowest BCUT2D eigenvalue weighted by Gasteiger charge is -2.28. The predicted octanol–water partition coefficient (Wildman–Crippen LogP) is 10.5. The van der Waals surface area contributed by atoms with E-state index >= 15 is 0 Å². The van der Waals surface area contributed by atoms with Crippen LogP contribution in [-0.2, 0) is 8.85 Å². The van der Waals surface area contributed by atoms with Crippen LogP contribution in [0.1, 0.15) is 11.1 Å². The zero-order valence-corrected chi connectivity index (χ0v) is 28.1. The maximum absolute atomic E-state index is 5.79. The van der Waals surface area contributed by atoms with Crippen molar-refractivity contribution in [3.63, 3.8) is 0 Å². The molecule has 46 heavy (non-hydrogen) atoms. The summed E-state index contributed by atoms with van der Waals surface area (Å²) in [5, 5.41) is 1.10. The van der Waals surface area contributed by atoms with Crippen LogP contribution >= 0.6 is 0 Å². The molecule has 0 heterocycles. The lowest BCUT2D eigenvalue weighted by atomic mass is 9.95. The Balaban J connectivity index is 1.36. The molecule has 230 valence electrons. The topological polar surface area (TPSA) is 24.9 Å². The fourth-order valence-corrected chi connectivity index (χ4v) is 7.45. The second kappa shape index (κ2) is 13.6. The van der Waals surface area contributed by atoms with Gasteiger partial charge in [0, 0.05) is 48.3 Å². The zero-order valence-electron chi connectivity index (χ0n) is 27.1. The Morgan fingerprint density at radius 2 is 0.739 bits per heavy atom. The Morgan fingerprint density at radius 3 is 1.07 bits per heavy atom. The fraction of sp³-hybridized carbons (Fsp3) is 0.122. The van der Waals surface area contributed by atoms with Crippen LogP contribution in [0.4, 0.5) is 34.1 Å². The number of anilines is 6. The molecule has 6 rings (SSSR count). The van der Waals surface area contributed by atoms with Gasteiger partial charge in [-0.05, 0) is 121 Å². The molecule has 0 unspecified atom stereocenters. The van der Waals surface area contributed by atoms with Gasteiger partial charge in [0.05, 0.1) is 0 Å². The smallest absolute Gasteiger partial charge is 0.368 e. The predicted molar refractivity (Wildman–Crippen MR) is 196 cm³/mol. The fourth-order valence-electron chi connectivity index (χ4n) is 6.04. The summed E-state index contributed by atoms with van der Waals surface area (Å²) in [7, 11) is 1.03. The number of hydrogen-bond acceptors (Lipinski definition) is 4. The highest BCUT2D eigenvalue weighted by Gasteiger charge is 2.31. The summed E-state index contributed by atoms with van der Waals surface area (Å²) >= 11 is 0. The van der Waals surface area contributed by atoms with Crippen molar-refractivity contribution in [3.8, 4) is 11.1 Å². The number of hydrogen-bond donors (Lipinski definition) is 0. The molecule has 0 bridgehead atoms. The third-order valence-electron chi connectivity index (χ3n) is 8.70. The van der Waals surface area contributed by atoms with Crippen molar-refractivity contribution >= 4 is 47.9 Å². The van der Waals surface area contributed by atoms with Crippen LogP contribution < -0.4 is 15.0 Å². The van der Waals surface area contributed by atoms with Gasteiger partial charge in [-0.3, -0.25) is 0 Å². The van der Waals surface area contributed by atoms with Gasteiger partial charge in [-0.1, -0.05) is 78.9 Å². The Bertz CT molecular complexity index is 1850. The average Bonchev–Trinajstić information content (AvgIpc) is 3.10. The molecule has 0 fully saturated rings. The van der Waals surface area contributed by atoms with E-state index in [2.05, 4.69) is 182 Å². The van der Waals surface area contributed by atoms with Crippen molar-refractivity contribution in [1.29, 1.82) is 0 Å². The molecule has 0 radical (unpaired) electrons. The molecule has 0 saturated carbocycles. The first kappa shape index (κ1) is 31.1. The van der Waals surface area contributed by atoms with Crippen LogP contribution in [-0.4, -0.2) is 22.8 Å². The number of rotatable bonds is 10. The second-order valence-electron chi connectivity index (χ2n) is 11.6. The first-order valence-corrected chi connectivity index (χ1v) is 17.9. The monoisotopic (exact) mass is 620 g/mol. The van der Waals surface area contributed by atoms with Crippen LogP contribution in [0.5, 0.6) is 0 Å². The van der Waals surface area contributed by atoms with Gasteiger partial charge in [0.25, 0.3) is 0 Å². The summed E-state index contributed by atoms with van der Waals surface area (Å²) in [6.07, 6.45) is 0. The molecular weight excluding hydrogens is 581 g/mol. The summed E-state index contributed by atoms with van der Waals surface area (Å²) in [5.74, 6) is 0. The minimum atomic E-state index is -2.42. The van der Waals surface area contributed by atoms with Gasteiger partial charge >= 0.3 is 8.56 Å². The summed E-state index contributed by atoms with van der Waals surface area (Å²) < 4.78 is 11.6. The van der Waals surface area contributed by atoms with Crippen molar-refractivity contribution in [2.75, 3.05) is 24.0 Å². The molecule has 0 amide bonds. The number of para-hydroxylation sites is 3. The molecule has 0 aliphatic rings. The molecule has 6 aromatic rings. The Kier molecular flexibility index (Phi) is 9.17. The van der Waals surface area contributed by atoms with Crippen LogP contribution in [0.15, 0.2) is 152 Å². The molecule has 0 aliphatic carbocycles. The Morgan fingerprint density at radius 1 is 0.413 bits per heavy atom.